The number of hydrogen-bond donors (Lipinski definition) is 3. The van der Waals surface area contributed by atoms with Crippen molar-refractivity contribution in [2.24, 2.45) is 0 Å². The van der Waals surface area contributed by atoms with Crippen LogP contribution in [-0.4, -0.2) is 42.7 Å². The van der Waals surface area contributed by atoms with E-state index in [1.165, 1.54) is 7.11 Å². The smallest absolute Gasteiger partial charge is 0.341 e. The van der Waals surface area contributed by atoms with Gasteiger partial charge in [0.2, 0.25) is 0 Å². The molecule has 0 spiro atoms. The van der Waals surface area contributed by atoms with Crippen LogP contribution in [0, 0.1) is 0 Å². The molecule has 0 saturated heterocycles. The largest absolute Gasteiger partial charge is 0.465 e. The lowest BCUT2D eigenvalue weighted by atomic mass is 10.1. The minimum atomic E-state index is -0.449. The van der Waals surface area contributed by atoms with Gasteiger partial charge < -0.3 is 25.1 Å². The first-order valence-corrected chi connectivity index (χ1v) is 8.49. The fraction of sp³-hybridized carbons (Fsp3) is 0.263. The van der Waals surface area contributed by atoms with Crippen molar-refractivity contribution in [3.63, 3.8) is 0 Å². The van der Waals surface area contributed by atoms with Crippen molar-refractivity contribution in [3.05, 3.63) is 48.3 Å². The van der Waals surface area contributed by atoms with E-state index in [1.807, 2.05) is 24.4 Å². The highest BCUT2D eigenvalue weighted by atomic mass is 16.5. The normalized spacial score (nSPS) is 10.7. The number of aromatic nitrogens is 2. The molecule has 3 rings (SSSR count). The van der Waals surface area contributed by atoms with Crippen LogP contribution < -0.4 is 15.4 Å². The number of nitrogens with one attached hydrogen (secondary N) is 3. The number of carbonyl (C=O) groups is 1. The summed E-state index contributed by atoms with van der Waals surface area (Å²) in [4.78, 5) is 19.4. The highest BCUT2D eigenvalue weighted by molar-refractivity contribution is 5.93. The monoisotopic (exact) mass is 354 g/mol. The molecule has 26 heavy (non-hydrogen) atoms. The number of methoxy groups -OCH3 is 1. The molecule has 0 atom stereocenters. The first-order valence-electron chi connectivity index (χ1n) is 8.49. The maximum atomic E-state index is 12.1. The topological polar surface area (TPSA) is 88.3 Å². The highest BCUT2D eigenvalue weighted by Crippen LogP contribution is 2.30. The molecular weight excluding hydrogens is 332 g/mol. The zero-order valence-corrected chi connectivity index (χ0v) is 14.8. The minimum absolute atomic E-state index is 0.360. The Bertz CT molecular complexity index is 891. The zero-order valence-electron chi connectivity index (χ0n) is 14.8. The molecule has 0 aliphatic carbocycles. The van der Waals surface area contributed by atoms with Gasteiger partial charge in [0.1, 0.15) is 22.7 Å². The van der Waals surface area contributed by atoms with Crippen LogP contribution in [0.1, 0.15) is 17.3 Å². The first-order chi connectivity index (χ1) is 12.7. The number of likely N-dealkylation sites (N-methyl/N-ethyl adjacent to an activating group) is 1. The van der Waals surface area contributed by atoms with E-state index in [-0.39, 0.29) is 0 Å². The van der Waals surface area contributed by atoms with Crippen LogP contribution in [0.5, 0.6) is 11.5 Å². The quantitative estimate of drug-likeness (QED) is 0.425. The predicted molar refractivity (Wildman–Crippen MR) is 101 cm³/mol. The number of rotatable bonds is 8. The van der Waals surface area contributed by atoms with Gasteiger partial charge in [-0.1, -0.05) is 6.92 Å². The molecule has 0 aliphatic rings. The molecule has 2 aromatic heterocycles. The molecule has 0 aliphatic heterocycles. The summed E-state index contributed by atoms with van der Waals surface area (Å²) in [6.07, 6.45) is 3.43. The fourth-order valence-corrected chi connectivity index (χ4v) is 2.57. The number of hydrogen-bond acceptors (Lipinski definition) is 6. The number of esters is 1. The Morgan fingerprint density at radius 2 is 2.12 bits per heavy atom. The van der Waals surface area contributed by atoms with Crippen molar-refractivity contribution >= 4 is 22.7 Å². The zero-order chi connectivity index (χ0) is 18.4. The van der Waals surface area contributed by atoms with E-state index in [0.717, 1.165) is 36.4 Å². The van der Waals surface area contributed by atoms with Crippen molar-refractivity contribution < 1.29 is 14.3 Å². The van der Waals surface area contributed by atoms with Crippen LogP contribution in [0.3, 0.4) is 0 Å². The molecule has 7 nitrogen and oxygen atoms in total. The van der Waals surface area contributed by atoms with Crippen LogP contribution in [-0.2, 0) is 4.74 Å². The molecular formula is C19H22N4O3. The summed E-state index contributed by atoms with van der Waals surface area (Å²) in [6, 6.07) is 9.09. The number of anilines is 1. The number of aromatic amines is 1. The van der Waals surface area contributed by atoms with Gasteiger partial charge in [0, 0.05) is 36.4 Å². The van der Waals surface area contributed by atoms with Gasteiger partial charge in [-0.2, -0.15) is 0 Å². The van der Waals surface area contributed by atoms with Crippen LogP contribution in [0.25, 0.3) is 11.0 Å². The lowest BCUT2D eigenvalue weighted by Gasteiger charge is -2.13. The molecule has 0 amide bonds. The summed E-state index contributed by atoms with van der Waals surface area (Å²) in [6.45, 7) is 4.60. The Balaban J connectivity index is 1.84. The average molecular weight is 354 g/mol. The van der Waals surface area contributed by atoms with Crippen molar-refractivity contribution in [1.29, 1.82) is 0 Å². The first kappa shape index (κ1) is 17.8. The minimum Gasteiger partial charge on any atom is -0.465 e. The van der Waals surface area contributed by atoms with E-state index in [1.54, 1.807) is 18.3 Å². The molecule has 0 saturated carbocycles. The van der Waals surface area contributed by atoms with Crippen LogP contribution in [0.2, 0.25) is 0 Å². The molecule has 1 aromatic carbocycles. The predicted octanol–water partition coefficient (Wildman–Crippen LogP) is 3.16. The number of H-pyrrole nitrogens is 1. The van der Waals surface area contributed by atoms with E-state index in [2.05, 4.69) is 27.5 Å². The Morgan fingerprint density at radius 3 is 2.92 bits per heavy atom. The van der Waals surface area contributed by atoms with E-state index >= 15 is 0 Å². The number of fused-ring (bicyclic) bond motifs is 1. The SMILES string of the molecule is CCNCCNc1ccc(C(=O)OC)c(Oc2cnc3[nH]ccc3c2)c1. The van der Waals surface area contributed by atoms with Crippen molar-refractivity contribution in [2.75, 3.05) is 32.1 Å². The summed E-state index contributed by atoms with van der Waals surface area (Å²) in [5.41, 5.74) is 2.00. The lowest BCUT2D eigenvalue weighted by molar-refractivity contribution is 0.0598. The molecule has 0 unspecified atom stereocenters. The number of ether oxygens (including phenoxy) is 2. The summed E-state index contributed by atoms with van der Waals surface area (Å²) in [7, 11) is 1.35. The molecule has 7 heteroatoms. The fourth-order valence-electron chi connectivity index (χ4n) is 2.57. The highest BCUT2D eigenvalue weighted by Gasteiger charge is 2.15. The summed E-state index contributed by atoms with van der Waals surface area (Å²) in [5.74, 6) is 0.518. The molecule has 3 aromatic rings. The molecule has 136 valence electrons. The van der Waals surface area contributed by atoms with Gasteiger partial charge in [0.25, 0.3) is 0 Å². The Hall–Kier alpha value is -3.06. The van der Waals surface area contributed by atoms with Crippen molar-refractivity contribution in [3.8, 4) is 11.5 Å². The number of nitrogens with zero attached hydrogens (tertiary/aromatic N) is 1. The van der Waals surface area contributed by atoms with Crippen LogP contribution >= 0.6 is 0 Å². The van der Waals surface area contributed by atoms with Crippen LogP contribution in [0.15, 0.2) is 42.7 Å². The van der Waals surface area contributed by atoms with Gasteiger partial charge in [-0.3, -0.25) is 0 Å². The standard InChI is InChI=1S/C19H22N4O3/c1-3-20-8-9-21-14-4-5-16(19(24)25-2)17(11-14)26-15-10-13-6-7-22-18(13)23-12-15/h4-7,10-12,20-21H,3,8-9H2,1-2H3,(H,22,23). The van der Waals surface area contributed by atoms with Gasteiger partial charge in [0.05, 0.1) is 13.3 Å². The Kier molecular flexibility index (Phi) is 5.70. The summed E-state index contributed by atoms with van der Waals surface area (Å²) >= 11 is 0. The molecule has 2 heterocycles. The second-order valence-electron chi connectivity index (χ2n) is 5.67. The third-order valence-corrected chi connectivity index (χ3v) is 3.87. The van der Waals surface area contributed by atoms with E-state index in [9.17, 15) is 4.79 Å². The second kappa shape index (κ2) is 8.35. The number of pyridine rings is 1. The van der Waals surface area contributed by atoms with E-state index < -0.39 is 5.97 Å². The maximum absolute atomic E-state index is 12.1. The van der Waals surface area contributed by atoms with E-state index in [0.29, 0.717) is 17.1 Å². The number of carbonyl (C=O) groups excluding carboxylic acids is 1. The Morgan fingerprint density at radius 1 is 1.23 bits per heavy atom. The van der Waals surface area contributed by atoms with E-state index in [4.69, 9.17) is 9.47 Å². The molecule has 0 bridgehead atoms. The van der Waals surface area contributed by atoms with Gasteiger partial charge in [-0.25, -0.2) is 9.78 Å². The molecule has 0 radical (unpaired) electrons. The van der Waals surface area contributed by atoms with Gasteiger partial charge in [-0.15, -0.1) is 0 Å². The van der Waals surface area contributed by atoms with Crippen LogP contribution in [0.4, 0.5) is 5.69 Å². The van der Waals surface area contributed by atoms with Crippen molar-refractivity contribution in [2.45, 2.75) is 6.92 Å². The van der Waals surface area contributed by atoms with Gasteiger partial charge in [0.15, 0.2) is 0 Å². The summed E-state index contributed by atoms with van der Waals surface area (Å²) in [5, 5.41) is 7.48. The van der Waals surface area contributed by atoms with Crippen molar-refractivity contribution in [1.82, 2.24) is 15.3 Å². The third kappa shape index (κ3) is 4.12. The van der Waals surface area contributed by atoms with Gasteiger partial charge >= 0.3 is 5.97 Å². The second-order valence-corrected chi connectivity index (χ2v) is 5.67. The molecule has 3 N–H and O–H groups in total. The molecule has 0 fully saturated rings. The van der Waals surface area contributed by atoms with Gasteiger partial charge in [-0.05, 0) is 30.8 Å². The maximum Gasteiger partial charge on any atom is 0.341 e. The summed E-state index contributed by atoms with van der Waals surface area (Å²) < 4.78 is 10.8. The number of benzene rings is 1. The lowest BCUT2D eigenvalue weighted by Crippen LogP contribution is -2.21. The average Bonchev–Trinajstić information content (AvgIpc) is 3.13. The third-order valence-electron chi connectivity index (χ3n) is 3.87. The Labute approximate surface area is 151 Å².